The maximum Gasteiger partial charge on any atom is 0.282 e. The zero-order valence-electron chi connectivity index (χ0n) is 16.8. The number of carbonyl (C=O) groups is 2. The summed E-state index contributed by atoms with van der Waals surface area (Å²) in [4.78, 5) is 25.3. The number of nitrogens with one attached hydrogen (secondary N) is 3. The summed E-state index contributed by atoms with van der Waals surface area (Å²) in [5.74, 6) is 0.588. The smallest absolute Gasteiger partial charge is 0.282 e. The molecule has 2 aromatic carbocycles. The second kappa shape index (κ2) is 11.1. The minimum atomic E-state index is -0.332. The van der Waals surface area contributed by atoms with Gasteiger partial charge in [-0.25, -0.2) is 0 Å². The maximum atomic E-state index is 12.6. The molecule has 3 N–H and O–H groups in total. The van der Waals surface area contributed by atoms with Crippen LogP contribution in [0.25, 0.3) is 0 Å². The Hall–Kier alpha value is -2.86. The summed E-state index contributed by atoms with van der Waals surface area (Å²) in [6.07, 6.45) is 0. The second-order valence-electron chi connectivity index (χ2n) is 6.65. The number of quaternary nitrogens is 1. The van der Waals surface area contributed by atoms with E-state index in [0.29, 0.717) is 25.4 Å². The van der Waals surface area contributed by atoms with Crippen molar-refractivity contribution < 1.29 is 19.2 Å². The molecule has 0 fully saturated rings. The number of anilines is 1. The van der Waals surface area contributed by atoms with E-state index in [1.807, 2.05) is 75.4 Å². The molecule has 2 rings (SSSR count). The van der Waals surface area contributed by atoms with Crippen molar-refractivity contribution in [1.29, 1.82) is 0 Å². The van der Waals surface area contributed by atoms with Crippen LogP contribution in [0.3, 0.4) is 0 Å². The highest BCUT2D eigenvalue weighted by atomic mass is 16.5. The van der Waals surface area contributed by atoms with E-state index in [1.54, 1.807) is 0 Å². The lowest BCUT2D eigenvalue weighted by atomic mass is 10.2. The molecule has 0 saturated heterocycles. The highest BCUT2D eigenvalue weighted by Crippen LogP contribution is 2.17. The Morgan fingerprint density at radius 3 is 2.32 bits per heavy atom. The lowest BCUT2D eigenvalue weighted by Crippen LogP contribution is -3.17. The Morgan fingerprint density at radius 1 is 1.04 bits per heavy atom. The van der Waals surface area contributed by atoms with Crippen molar-refractivity contribution in [3.63, 3.8) is 0 Å². The average molecular weight is 385 g/mol. The van der Waals surface area contributed by atoms with Gasteiger partial charge >= 0.3 is 0 Å². The van der Waals surface area contributed by atoms with Crippen LogP contribution in [-0.4, -0.2) is 37.5 Å². The zero-order chi connectivity index (χ0) is 20.4. The summed E-state index contributed by atoms with van der Waals surface area (Å²) in [5.41, 5.74) is 1.81. The molecular weight excluding hydrogens is 354 g/mol. The molecule has 150 valence electrons. The third-order valence-electron chi connectivity index (χ3n) is 4.59. The zero-order valence-corrected chi connectivity index (χ0v) is 16.8. The van der Waals surface area contributed by atoms with Crippen LogP contribution < -0.4 is 20.3 Å². The lowest BCUT2D eigenvalue weighted by Gasteiger charge is -2.23. The molecule has 1 unspecified atom stereocenters. The Bertz CT molecular complexity index is 747. The molecule has 0 heterocycles. The van der Waals surface area contributed by atoms with Crippen molar-refractivity contribution >= 4 is 17.5 Å². The molecular formula is C22H30N3O3+. The summed E-state index contributed by atoms with van der Waals surface area (Å²) in [6.45, 7) is 7.76. The quantitative estimate of drug-likeness (QED) is 0.583. The third kappa shape index (κ3) is 6.70. The summed E-state index contributed by atoms with van der Waals surface area (Å²) in [5, 5.41) is 5.69. The second-order valence-corrected chi connectivity index (χ2v) is 6.65. The van der Waals surface area contributed by atoms with Crippen LogP contribution in [0, 0.1) is 0 Å². The molecule has 6 heteroatoms. The van der Waals surface area contributed by atoms with Crippen molar-refractivity contribution in [2.45, 2.75) is 33.4 Å². The number of hydrogen-bond donors (Lipinski definition) is 3. The number of likely N-dealkylation sites (N-methyl/N-ethyl adjacent to an activating group) is 2. The van der Waals surface area contributed by atoms with E-state index < -0.39 is 0 Å². The van der Waals surface area contributed by atoms with Gasteiger partial charge in [-0.3, -0.25) is 9.59 Å². The van der Waals surface area contributed by atoms with E-state index in [2.05, 4.69) is 10.6 Å². The molecule has 0 spiro atoms. The van der Waals surface area contributed by atoms with Gasteiger partial charge in [0.1, 0.15) is 12.4 Å². The fraction of sp³-hybridized carbons (Fsp3) is 0.364. The van der Waals surface area contributed by atoms with Gasteiger partial charge in [-0.1, -0.05) is 30.3 Å². The Balaban J connectivity index is 1.87. The monoisotopic (exact) mass is 384 g/mol. The van der Waals surface area contributed by atoms with E-state index in [4.69, 9.17) is 4.74 Å². The van der Waals surface area contributed by atoms with Crippen molar-refractivity contribution in [1.82, 2.24) is 5.32 Å². The van der Waals surface area contributed by atoms with Crippen molar-refractivity contribution in [3.05, 3.63) is 60.2 Å². The first-order valence-electron chi connectivity index (χ1n) is 9.72. The first-order chi connectivity index (χ1) is 13.5. The van der Waals surface area contributed by atoms with E-state index in [9.17, 15) is 9.59 Å². The van der Waals surface area contributed by atoms with E-state index in [-0.39, 0.29) is 24.4 Å². The number of rotatable bonds is 10. The van der Waals surface area contributed by atoms with E-state index >= 15 is 0 Å². The van der Waals surface area contributed by atoms with Gasteiger partial charge in [-0.05, 0) is 50.6 Å². The number of hydrogen-bond acceptors (Lipinski definition) is 3. The maximum absolute atomic E-state index is 12.6. The molecule has 0 aromatic heterocycles. The van der Waals surface area contributed by atoms with Crippen LogP contribution >= 0.6 is 0 Å². The minimum absolute atomic E-state index is 0.0427. The van der Waals surface area contributed by atoms with E-state index in [0.717, 1.165) is 16.2 Å². The summed E-state index contributed by atoms with van der Waals surface area (Å²) < 4.78 is 5.76. The first-order valence-corrected chi connectivity index (χ1v) is 9.72. The van der Waals surface area contributed by atoms with Gasteiger partial charge in [-0.2, -0.15) is 0 Å². The molecule has 2 amide bonds. The van der Waals surface area contributed by atoms with Crippen LogP contribution in [0.2, 0.25) is 0 Å². The number of carbonyl (C=O) groups excluding carboxylic acids is 2. The Kier molecular flexibility index (Phi) is 8.49. The fourth-order valence-electron chi connectivity index (χ4n) is 2.86. The van der Waals surface area contributed by atoms with Crippen molar-refractivity contribution in [2.24, 2.45) is 0 Å². The predicted molar refractivity (Wildman–Crippen MR) is 110 cm³/mol. The van der Waals surface area contributed by atoms with Gasteiger partial charge in [-0.15, -0.1) is 0 Å². The molecule has 0 aliphatic rings. The molecule has 0 aliphatic heterocycles. The van der Waals surface area contributed by atoms with Gasteiger partial charge < -0.3 is 20.3 Å². The number of ether oxygens (including phenoxy) is 1. The molecule has 0 saturated carbocycles. The molecule has 0 aliphatic carbocycles. The van der Waals surface area contributed by atoms with Crippen molar-refractivity contribution in [3.8, 4) is 5.75 Å². The van der Waals surface area contributed by atoms with Crippen LogP contribution in [-0.2, 0) is 16.2 Å². The summed E-state index contributed by atoms with van der Waals surface area (Å²) in [6, 6.07) is 16.9. The van der Waals surface area contributed by atoms with Crippen LogP contribution in [0.1, 0.15) is 26.3 Å². The highest BCUT2D eigenvalue weighted by molar-refractivity contribution is 5.93. The SMILES string of the molecule is CCNC(=O)C[NH+](CC)[C@H](C)C(=O)Nc1ccc(OCc2ccccc2)cc1. The Morgan fingerprint density at radius 2 is 1.71 bits per heavy atom. The summed E-state index contributed by atoms with van der Waals surface area (Å²) in [7, 11) is 0. The van der Waals surface area contributed by atoms with Crippen molar-refractivity contribution in [2.75, 3.05) is 25.0 Å². The topological polar surface area (TPSA) is 71.9 Å². The molecule has 2 atom stereocenters. The lowest BCUT2D eigenvalue weighted by molar-refractivity contribution is -0.904. The van der Waals surface area contributed by atoms with Gasteiger partial charge in [0.15, 0.2) is 12.6 Å². The molecule has 0 radical (unpaired) electrons. The third-order valence-corrected chi connectivity index (χ3v) is 4.59. The molecule has 28 heavy (non-hydrogen) atoms. The normalized spacial score (nSPS) is 12.7. The molecule has 2 aromatic rings. The van der Waals surface area contributed by atoms with Crippen LogP contribution in [0.4, 0.5) is 5.69 Å². The Labute approximate surface area is 166 Å². The van der Waals surface area contributed by atoms with E-state index in [1.165, 1.54) is 0 Å². The standard InChI is InChI=1S/C22H29N3O3/c1-4-23-21(26)15-25(5-2)17(3)22(27)24-19-11-13-20(14-12-19)28-16-18-9-7-6-8-10-18/h6-14,17H,4-5,15-16H2,1-3H3,(H,23,26)(H,24,27)/p+1/t17-/m1/s1. The fourth-order valence-corrected chi connectivity index (χ4v) is 2.86. The summed E-state index contributed by atoms with van der Waals surface area (Å²) >= 11 is 0. The predicted octanol–water partition coefficient (Wildman–Crippen LogP) is 1.63. The van der Waals surface area contributed by atoms with Crippen LogP contribution in [0.5, 0.6) is 5.75 Å². The molecule has 0 bridgehead atoms. The highest BCUT2D eigenvalue weighted by Gasteiger charge is 2.25. The minimum Gasteiger partial charge on any atom is -0.489 e. The van der Waals surface area contributed by atoms with Gasteiger partial charge in [0, 0.05) is 12.2 Å². The van der Waals surface area contributed by atoms with Gasteiger partial charge in [0.2, 0.25) is 0 Å². The van der Waals surface area contributed by atoms with Gasteiger partial charge in [0.25, 0.3) is 11.8 Å². The largest absolute Gasteiger partial charge is 0.489 e. The number of amides is 2. The molecule has 6 nitrogen and oxygen atoms in total. The van der Waals surface area contributed by atoms with Crippen LogP contribution in [0.15, 0.2) is 54.6 Å². The van der Waals surface area contributed by atoms with Gasteiger partial charge in [0.05, 0.1) is 6.54 Å². The average Bonchev–Trinajstić information content (AvgIpc) is 2.72. The first kappa shape index (κ1) is 21.4. The number of benzene rings is 2.